The van der Waals surface area contributed by atoms with Crippen LogP contribution in [0.1, 0.15) is 18.4 Å². The summed E-state index contributed by atoms with van der Waals surface area (Å²) in [6.45, 7) is 0.431. The van der Waals surface area contributed by atoms with Crippen LogP contribution in [-0.2, 0) is 6.54 Å². The van der Waals surface area contributed by atoms with Gasteiger partial charge < -0.3 is 5.32 Å². The molecule has 1 aliphatic rings. The Hall–Kier alpha value is -1.33. The fourth-order valence-corrected chi connectivity index (χ4v) is 2.51. The summed E-state index contributed by atoms with van der Waals surface area (Å²) in [4.78, 5) is 0. The van der Waals surface area contributed by atoms with Crippen molar-refractivity contribution in [3.05, 3.63) is 57.8 Å². The summed E-state index contributed by atoms with van der Waals surface area (Å²) >= 11 is 3.01. The second-order valence-electron chi connectivity index (χ2n) is 5.18. The minimum absolute atomic E-state index is 0.152. The van der Waals surface area contributed by atoms with Gasteiger partial charge in [0.1, 0.15) is 17.5 Å². The molecule has 1 saturated carbocycles. The summed E-state index contributed by atoms with van der Waals surface area (Å²) in [6, 6.07) is 7.21. The second kappa shape index (κ2) is 5.81. The van der Waals surface area contributed by atoms with Gasteiger partial charge in [0.2, 0.25) is 0 Å². The Morgan fingerprint density at radius 3 is 2.48 bits per heavy atom. The smallest absolute Gasteiger partial charge is 0.148 e. The lowest BCUT2D eigenvalue weighted by Gasteiger charge is -2.10. The number of hydrogen-bond acceptors (Lipinski definition) is 1. The van der Waals surface area contributed by atoms with Gasteiger partial charge in [0, 0.05) is 18.2 Å². The van der Waals surface area contributed by atoms with Gasteiger partial charge >= 0.3 is 0 Å². The first kappa shape index (κ1) is 14.6. The van der Waals surface area contributed by atoms with Crippen molar-refractivity contribution in [3.63, 3.8) is 0 Å². The first-order chi connectivity index (χ1) is 10.1. The normalized spacial score (nSPS) is 14.5. The Balaban J connectivity index is 1.92. The molecule has 3 rings (SSSR count). The number of halogens is 4. The van der Waals surface area contributed by atoms with E-state index in [9.17, 15) is 13.2 Å². The Morgan fingerprint density at radius 2 is 1.81 bits per heavy atom. The van der Waals surface area contributed by atoms with Gasteiger partial charge in [-0.05, 0) is 52.5 Å². The van der Waals surface area contributed by atoms with E-state index in [1.807, 2.05) is 0 Å². The molecule has 1 N–H and O–H groups in total. The molecule has 1 nitrogen and oxygen atoms in total. The van der Waals surface area contributed by atoms with Gasteiger partial charge in [0.15, 0.2) is 0 Å². The fourth-order valence-electron chi connectivity index (χ4n) is 2.18. The average Bonchev–Trinajstić information content (AvgIpc) is 3.27. The van der Waals surface area contributed by atoms with Crippen molar-refractivity contribution in [2.24, 2.45) is 0 Å². The fraction of sp³-hybridized carbons (Fsp3) is 0.250. The maximum Gasteiger partial charge on any atom is 0.148 e. The zero-order valence-corrected chi connectivity index (χ0v) is 12.7. The lowest BCUT2D eigenvalue weighted by Crippen LogP contribution is -2.16. The standard InChI is InChI=1S/C16H13BrF3N/c17-12-5-6-13(18)15(16(12)20)9-1-2-10(14(19)7-9)8-21-11-3-4-11/h1-2,5-7,11,21H,3-4,8H2. The second-order valence-corrected chi connectivity index (χ2v) is 6.03. The SMILES string of the molecule is Fc1cc(-c2c(F)ccc(Br)c2F)ccc1CNC1CC1. The number of hydrogen-bond donors (Lipinski definition) is 1. The molecule has 0 amide bonds. The van der Waals surface area contributed by atoms with Crippen molar-refractivity contribution in [2.75, 3.05) is 0 Å². The van der Waals surface area contributed by atoms with E-state index in [2.05, 4.69) is 21.2 Å². The highest BCUT2D eigenvalue weighted by molar-refractivity contribution is 9.10. The van der Waals surface area contributed by atoms with E-state index >= 15 is 0 Å². The molecule has 110 valence electrons. The van der Waals surface area contributed by atoms with Crippen LogP contribution in [0, 0.1) is 17.5 Å². The molecule has 5 heteroatoms. The van der Waals surface area contributed by atoms with E-state index in [4.69, 9.17) is 0 Å². The van der Waals surface area contributed by atoms with Crippen molar-refractivity contribution in [2.45, 2.75) is 25.4 Å². The summed E-state index contributed by atoms with van der Waals surface area (Å²) in [6.07, 6.45) is 2.24. The Bertz CT molecular complexity index is 683. The molecule has 21 heavy (non-hydrogen) atoms. The third kappa shape index (κ3) is 3.14. The van der Waals surface area contributed by atoms with Crippen molar-refractivity contribution in [1.29, 1.82) is 0 Å². The number of nitrogens with one attached hydrogen (secondary N) is 1. The predicted octanol–water partition coefficient (Wildman–Crippen LogP) is 4.79. The quantitative estimate of drug-likeness (QED) is 0.777. The van der Waals surface area contributed by atoms with Gasteiger partial charge in [-0.3, -0.25) is 0 Å². The van der Waals surface area contributed by atoms with Crippen molar-refractivity contribution in [1.82, 2.24) is 5.32 Å². The van der Waals surface area contributed by atoms with Gasteiger partial charge in [-0.2, -0.15) is 0 Å². The highest BCUT2D eigenvalue weighted by Gasteiger charge is 2.21. The van der Waals surface area contributed by atoms with Gasteiger partial charge in [0.25, 0.3) is 0 Å². The first-order valence-corrected chi connectivity index (χ1v) is 7.51. The topological polar surface area (TPSA) is 12.0 Å². The van der Waals surface area contributed by atoms with Crippen molar-refractivity contribution >= 4 is 15.9 Å². The van der Waals surface area contributed by atoms with Gasteiger partial charge in [-0.1, -0.05) is 12.1 Å². The molecule has 0 aliphatic heterocycles. The molecular formula is C16H13BrF3N. The van der Waals surface area contributed by atoms with Gasteiger partial charge in [-0.25, -0.2) is 13.2 Å². The molecule has 1 fully saturated rings. The minimum Gasteiger partial charge on any atom is -0.310 e. The summed E-state index contributed by atoms with van der Waals surface area (Å²) in [7, 11) is 0. The molecule has 0 radical (unpaired) electrons. The molecule has 2 aromatic carbocycles. The molecule has 0 atom stereocenters. The third-order valence-corrected chi connectivity index (χ3v) is 4.16. The minimum atomic E-state index is -0.724. The van der Waals surface area contributed by atoms with Gasteiger partial charge in [-0.15, -0.1) is 0 Å². The van der Waals surface area contributed by atoms with E-state index in [1.165, 1.54) is 12.1 Å². The predicted molar refractivity (Wildman–Crippen MR) is 79.3 cm³/mol. The van der Waals surface area contributed by atoms with E-state index < -0.39 is 17.5 Å². The molecule has 0 saturated heterocycles. The molecule has 1 aliphatic carbocycles. The molecule has 2 aromatic rings. The first-order valence-electron chi connectivity index (χ1n) is 6.72. The van der Waals surface area contributed by atoms with Crippen LogP contribution >= 0.6 is 15.9 Å². The van der Waals surface area contributed by atoms with Crippen molar-refractivity contribution < 1.29 is 13.2 Å². The summed E-state index contributed by atoms with van der Waals surface area (Å²) in [5.41, 5.74) is 0.477. The van der Waals surface area contributed by atoms with Crippen LogP contribution in [0.3, 0.4) is 0 Å². The number of benzene rings is 2. The monoisotopic (exact) mass is 355 g/mol. The lowest BCUT2D eigenvalue weighted by atomic mass is 10.0. The molecular weight excluding hydrogens is 343 g/mol. The maximum absolute atomic E-state index is 14.1. The maximum atomic E-state index is 14.1. The van der Waals surface area contributed by atoms with Crippen LogP contribution in [0.15, 0.2) is 34.8 Å². The zero-order chi connectivity index (χ0) is 15.0. The Labute approximate surface area is 129 Å². The van der Waals surface area contributed by atoms with E-state index in [1.54, 1.807) is 12.1 Å². The van der Waals surface area contributed by atoms with Crippen LogP contribution < -0.4 is 5.32 Å². The van der Waals surface area contributed by atoms with E-state index in [-0.39, 0.29) is 15.6 Å². The highest BCUT2D eigenvalue weighted by atomic mass is 79.9. The molecule has 0 heterocycles. The summed E-state index contributed by atoms with van der Waals surface area (Å²) in [5.74, 6) is -1.89. The number of rotatable bonds is 4. The Kier molecular flexibility index (Phi) is 4.04. The van der Waals surface area contributed by atoms with Gasteiger partial charge in [0.05, 0.1) is 10.0 Å². The van der Waals surface area contributed by atoms with Crippen LogP contribution in [0.5, 0.6) is 0 Å². The summed E-state index contributed by atoms with van der Waals surface area (Å²) in [5, 5.41) is 3.21. The molecule has 0 aromatic heterocycles. The molecule has 0 spiro atoms. The largest absolute Gasteiger partial charge is 0.310 e. The highest BCUT2D eigenvalue weighted by Crippen LogP contribution is 2.31. The zero-order valence-electron chi connectivity index (χ0n) is 11.1. The van der Waals surface area contributed by atoms with Crippen LogP contribution in [0.25, 0.3) is 11.1 Å². The third-order valence-electron chi connectivity index (χ3n) is 3.54. The van der Waals surface area contributed by atoms with Crippen LogP contribution in [-0.4, -0.2) is 6.04 Å². The van der Waals surface area contributed by atoms with Crippen LogP contribution in [0.2, 0.25) is 0 Å². The summed E-state index contributed by atoms with van der Waals surface area (Å²) < 4.78 is 42.1. The Morgan fingerprint density at radius 1 is 1.05 bits per heavy atom. The van der Waals surface area contributed by atoms with Crippen LogP contribution in [0.4, 0.5) is 13.2 Å². The molecule has 0 unspecified atom stereocenters. The van der Waals surface area contributed by atoms with E-state index in [0.29, 0.717) is 18.2 Å². The lowest BCUT2D eigenvalue weighted by molar-refractivity contribution is 0.580. The van der Waals surface area contributed by atoms with Crippen molar-refractivity contribution in [3.8, 4) is 11.1 Å². The average molecular weight is 356 g/mol. The molecule has 0 bridgehead atoms. The van der Waals surface area contributed by atoms with E-state index in [0.717, 1.165) is 18.9 Å².